The number of hydrogen-bond donors (Lipinski definition) is 1. The molecule has 2 atom stereocenters. The van der Waals surface area contributed by atoms with E-state index in [-0.39, 0.29) is 0 Å². The van der Waals surface area contributed by atoms with Gasteiger partial charge in [0.1, 0.15) is 0 Å². The lowest BCUT2D eigenvalue weighted by molar-refractivity contribution is 0.362. The van der Waals surface area contributed by atoms with Gasteiger partial charge in [-0.15, -0.1) is 0 Å². The van der Waals surface area contributed by atoms with Crippen molar-refractivity contribution in [3.8, 4) is 0 Å². The van der Waals surface area contributed by atoms with Gasteiger partial charge in [0.2, 0.25) is 0 Å². The Bertz CT molecular complexity index is 404. The van der Waals surface area contributed by atoms with Gasteiger partial charge in [-0.25, -0.2) is 0 Å². The van der Waals surface area contributed by atoms with Crippen LogP contribution in [0, 0.1) is 5.92 Å². The fourth-order valence-corrected chi connectivity index (χ4v) is 3.70. The minimum absolute atomic E-state index is 0.795. The summed E-state index contributed by atoms with van der Waals surface area (Å²) in [5.74, 6) is 0.944. The van der Waals surface area contributed by atoms with Crippen molar-refractivity contribution in [2.24, 2.45) is 5.92 Å². The number of nitrogens with one attached hydrogen (secondary N) is 1. The summed E-state index contributed by atoms with van der Waals surface area (Å²) in [6.07, 6.45) is 8.99. The van der Waals surface area contributed by atoms with E-state index in [9.17, 15) is 0 Å². The Morgan fingerprint density at radius 3 is 3.11 bits per heavy atom. The zero-order valence-corrected chi connectivity index (χ0v) is 11.2. The number of aromatic nitrogens is 1. The summed E-state index contributed by atoms with van der Waals surface area (Å²) in [6.45, 7) is 2.08. The Balaban J connectivity index is 1.82. The Kier molecular flexibility index (Phi) is 3.50. The van der Waals surface area contributed by atoms with Crippen molar-refractivity contribution >= 4 is 5.69 Å². The molecule has 2 unspecified atom stereocenters. The molecular weight excluding hydrogens is 222 g/mol. The van der Waals surface area contributed by atoms with Crippen molar-refractivity contribution in [2.75, 3.05) is 18.5 Å². The molecule has 3 nitrogen and oxygen atoms in total. The highest BCUT2D eigenvalue weighted by molar-refractivity contribution is 5.48. The van der Waals surface area contributed by atoms with Gasteiger partial charge in [0.15, 0.2) is 0 Å². The molecule has 1 N–H and O–H groups in total. The second-order valence-corrected chi connectivity index (χ2v) is 5.63. The average Bonchev–Trinajstić information content (AvgIpc) is 2.87. The maximum absolute atomic E-state index is 4.42. The lowest BCUT2D eigenvalue weighted by Crippen LogP contribution is -2.42. The molecule has 1 saturated heterocycles. The van der Waals surface area contributed by atoms with E-state index in [0.717, 1.165) is 24.2 Å². The first-order valence-corrected chi connectivity index (χ1v) is 7.24. The van der Waals surface area contributed by atoms with Crippen LogP contribution in [0.5, 0.6) is 0 Å². The monoisotopic (exact) mass is 245 g/mol. The highest BCUT2D eigenvalue weighted by Crippen LogP contribution is 2.38. The van der Waals surface area contributed by atoms with Gasteiger partial charge in [-0.3, -0.25) is 4.98 Å². The van der Waals surface area contributed by atoms with Gasteiger partial charge < -0.3 is 10.2 Å². The van der Waals surface area contributed by atoms with E-state index in [1.165, 1.54) is 44.3 Å². The SMILES string of the molecule is CNCc1cc(N2CCCC3CCCC32)ccn1. The predicted octanol–water partition coefficient (Wildman–Crippen LogP) is 2.57. The van der Waals surface area contributed by atoms with E-state index in [2.05, 4.69) is 27.3 Å². The Labute approximate surface area is 110 Å². The molecule has 0 radical (unpaired) electrons. The summed E-state index contributed by atoms with van der Waals surface area (Å²) in [5.41, 5.74) is 2.53. The molecule has 1 aromatic heterocycles. The van der Waals surface area contributed by atoms with Gasteiger partial charge in [-0.05, 0) is 50.8 Å². The Hall–Kier alpha value is -1.09. The van der Waals surface area contributed by atoms with Gasteiger partial charge in [0, 0.05) is 31.0 Å². The number of nitrogens with zero attached hydrogens (tertiary/aromatic N) is 2. The number of rotatable bonds is 3. The van der Waals surface area contributed by atoms with Crippen molar-refractivity contribution in [3.63, 3.8) is 0 Å². The first-order chi connectivity index (χ1) is 8.88. The van der Waals surface area contributed by atoms with Crippen LogP contribution in [0.3, 0.4) is 0 Å². The fraction of sp³-hybridized carbons (Fsp3) is 0.667. The van der Waals surface area contributed by atoms with Crippen molar-refractivity contribution in [1.82, 2.24) is 10.3 Å². The van der Waals surface area contributed by atoms with Crippen LogP contribution >= 0.6 is 0 Å². The highest BCUT2D eigenvalue weighted by atomic mass is 15.2. The van der Waals surface area contributed by atoms with Crippen LogP contribution in [0.2, 0.25) is 0 Å². The van der Waals surface area contributed by atoms with Crippen molar-refractivity contribution < 1.29 is 0 Å². The van der Waals surface area contributed by atoms with Crippen LogP contribution in [-0.4, -0.2) is 24.6 Å². The third-order valence-corrected chi connectivity index (χ3v) is 4.48. The highest BCUT2D eigenvalue weighted by Gasteiger charge is 2.34. The lowest BCUT2D eigenvalue weighted by atomic mass is 9.91. The van der Waals surface area contributed by atoms with E-state index < -0.39 is 0 Å². The minimum atomic E-state index is 0.795. The average molecular weight is 245 g/mol. The number of fused-ring (bicyclic) bond motifs is 1. The molecule has 18 heavy (non-hydrogen) atoms. The van der Waals surface area contributed by atoms with Crippen LogP contribution < -0.4 is 10.2 Å². The predicted molar refractivity (Wildman–Crippen MR) is 74.7 cm³/mol. The van der Waals surface area contributed by atoms with Crippen LogP contribution in [0.4, 0.5) is 5.69 Å². The molecule has 0 aromatic carbocycles. The molecule has 2 fully saturated rings. The molecule has 1 saturated carbocycles. The molecule has 0 amide bonds. The maximum Gasteiger partial charge on any atom is 0.0562 e. The van der Waals surface area contributed by atoms with E-state index in [4.69, 9.17) is 0 Å². The Morgan fingerprint density at radius 2 is 2.22 bits per heavy atom. The van der Waals surface area contributed by atoms with Gasteiger partial charge in [0.25, 0.3) is 0 Å². The molecule has 0 bridgehead atoms. The van der Waals surface area contributed by atoms with Gasteiger partial charge in [-0.2, -0.15) is 0 Å². The van der Waals surface area contributed by atoms with Crippen molar-refractivity contribution in [1.29, 1.82) is 0 Å². The summed E-state index contributed by atoms with van der Waals surface area (Å²) >= 11 is 0. The van der Waals surface area contributed by atoms with Crippen LogP contribution in [-0.2, 0) is 6.54 Å². The summed E-state index contributed by atoms with van der Waals surface area (Å²) in [6, 6.07) is 5.24. The molecule has 2 aliphatic rings. The minimum Gasteiger partial charge on any atom is -0.368 e. The van der Waals surface area contributed by atoms with E-state index >= 15 is 0 Å². The molecule has 3 heteroatoms. The van der Waals surface area contributed by atoms with E-state index in [1.54, 1.807) is 0 Å². The smallest absolute Gasteiger partial charge is 0.0562 e. The molecule has 1 aliphatic heterocycles. The normalized spacial score (nSPS) is 27.3. The fourth-order valence-electron chi connectivity index (χ4n) is 3.70. The van der Waals surface area contributed by atoms with Gasteiger partial charge >= 0.3 is 0 Å². The maximum atomic E-state index is 4.42. The second-order valence-electron chi connectivity index (χ2n) is 5.63. The van der Waals surface area contributed by atoms with E-state index in [0.29, 0.717) is 0 Å². The lowest BCUT2D eigenvalue weighted by Gasteiger charge is -2.39. The first kappa shape index (κ1) is 12.0. The summed E-state index contributed by atoms with van der Waals surface area (Å²) in [7, 11) is 1.97. The number of anilines is 1. The summed E-state index contributed by atoms with van der Waals surface area (Å²) in [4.78, 5) is 7.06. The quantitative estimate of drug-likeness (QED) is 0.887. The summed E-state index contributed by atoms with van der Waals surface area (Å²) < 4.78 is 0. The Morgan fingerprint density at radius 1 is 1.33 bits per heavy atom. The third kappa shape index (κ3) is 2.24. The standard InChI is InChI=1S/C15H23N3/c1-16-11-13-10-14(7-8-17-13)18-9-3-5-12-4-2-6-15(12)18/h7-8,10,12,15-16H,2-6,9,11H2,1H3. The van der Waals surface area contributed by atoms with Gasteiger partial charge in [-0.1, -0.05) is 6.42 Å². The number of hydrogen-bond acceptors (Lipinski definition) is 3. The number of pyridine rings is 1. The third-order valence-electron chi connectivity index (χ3n) is 4.48. The topological polar surface area (TPSA) is 28.2 Å². The molecule has 2 heterocycles. The zero-order valence-electron chi connectivity index (χ0n) is 11.2. The summed E-state index contributed by atoms with van der Waals surface area (Å²) in [5, 5.41) is 3.18. The van der Waals surface area contributed by atoms with Crippen molar-refractivity contribution in [2.45, 2.75) is 44.7 Å². The molecule has 1 aliphatic carbocycles. The largest absolute Gasteiger partial charge is 0.368 e. The zero-order chi connectivity index (χ0) is 12.4. The van der Waals surface area contributed by atoms with Gasteiger partial charge in [0.05, 0.1) is 5.69 Å². The van der Waals surface area contributed by atoms with Crippen LogP contribution in [0.25, 0.3) is 0 Å². The molecule has 3 rings (SSSR count). The molecular formula is C15H23N3. The van der Waals surface area contributed by atoms with Crippen LogP contribution in [0.1, 0.15) is 37.8 Å². The number of piperidine rings is 1. The van der Waals surface area contributed by atoms with Crippen LogP contribution in [0.15, 0.2) is 18.3 Å². The molecule has 98 valence electrons. The first-order valence-electron chi connectivity index (χ1n) is 7.24. The van der Waals surface area contributed by atoms with E-state index in [1.807, 2.05) is 13.2 Å². The molecule has 0 spiro atoms. The van der Waals surface area contributed by atoms with Crippen molar-refractivity contribution in [3.05, 3.63) is 24.0 Å². The second kappa shape index (κ2) is 5.27. The molecule has 1 aromatic rings.